The summed E-state index contributed by atoms with van der Waals surface area (Å²) in [6.45, 7) is 5.96. The molecule has 0 aliphatic rings. The first-order chi connectivity index (χ1) is 8.82. The average molecular weight is 269 g/mol. The van der Waals surface area contributed by atoms with Gasteiger partial charge in [0.1, 0.15) is 5.69 Å². The fraction of sp³-hybridized carbons (Fsp3) is 0.692. The number of amides is 1. The van der Waals surface area contributed by atoms with Crippen LogP contribution in [0.3, 0.4) is 0 Å². The third-order valence-corrected chi connectivity index (χ3v) is 3.09. The maximum Gasteiger partial charge on any atom is 0.260 e. The van der Waals surface area contributed by atoms with Crippen LogP contribution in [-0.2, 0) is 11.8 Å². The molecule has 6 nitrogen and oxygen atoms in total. The lowest BCUT2D eigenvalue weighted by atomic mass is 10.3. The lowest BCUT2D eigenvalue weighted by molar-refractivity contribution is -0.132. The van der Waals surface area contributed by atoms with Crippen molar-refractivity contribution in [3.63, 3.8) is 0 Å². The number of carbonyl (C=O) groups is 1. The van der Waals surface area contributed by atoms with E-state index < -0.39 is 6.10 Å². The topological polar surface area (TPSA) is 67.6 Å². The van der Waals surface area contributed by atoms with Crippen LogP contribution in [0.2, 0.25) is 0 Å². The van der Waals surface area contributed by atoms with E-state index in [-0.39, 0.29) is 12.5 Å². The molecule has 1 amide bonds. The number of nitrogens with zero attached hydrogens (tertiary/aromatic N) is 3. The number of aliphatic hydroxyl groups is 1. The summed E-state index contributed by atoms with van der Waals surface area (Å²) in [4.78, 5) is 13.4. The Labute approximate surface area is 114 Å². The molecule has 108 valence electrons. The Morgan fingerprint density at radius 2 is 2.16 bits per heavy atom. The second-order valence-corrected chi connectivity index (χ2v) is 4.87. The molecular weight excluding hydrogens is 246 g/mol. The van der Waals surface area contributed by atoms with Gasteiger partial charge in [-0.1, -0.05) is 0 Å². The van der Waals surface area contributed by atoms with Crippen molar-refractivity contribution in [2.24, 2.45) is 7.05 Å². The minimum Gasteiger partial charge on any atom is -0.480 e. The number of rotatable bonds is 6. The Morgan fingerprint density at radius 1 is 1.53 bits per heavy atom. The summed E-state index contributed by atoms with van der Waals surface area (Å²) < 4.78 is 7.27. The fourth-order valence-electron chi connectivity index (χ4n) is 1.71. The van der Waals surface area contributed by atoms with Crippen LogP contribution < -0.4 is 4.74 Å². The highest BCUT2D eigenvalue weighted by Gasteiger charge is 2.15. The van der Waals surface area contributed by atoms with E-state index in [0.717, 1.165) is 11.4 Å². The van der Waals surface area contributed by atoms with E-state index in [2.05, 4.69) is 5.10 Å². The first-order valence-electron chi connectivity index (χ1n) is 6.38. The highest BCUT2D eigenvalue weighted by molar-refractivity contribution is 5.77. The third-order valence-electron chi connectivity index (χ3n) is 3.09. The molecule has 1 rings (SSSR count). The number of aryl methyl sites for hydroxylation is 2. The Hall–Kier alpha value is -1.56. The van der Waals surface area contributed by atoms with Crippen molar-refractivity contribution in [1.29, 1.82) is 0 Å². The lowest BCUT2D eigenvalue weighted by Crippen LogP contribution is -2.33. The smallest absolute Gasteiger partial charge is 0.260 e. The van der Waals surface area contributed by atoms with E-state index >= 15 is 0 Å². The molecule has 0 spiro atoms. The van der Waals surface area contributed by atoms with Gasteiger partial charge in [-0.3, -0.25) is 9.48 Å². The van der Waals surface area contributed by atoms with Gasteiger partial charge in [-0.25, -0.2) is 0 Å². The molecule has 0 aliphatic carbocycles. The minimum atomic E-state index is -0.404. The zero-order chi connectivity index (χ0) is 14.6. The van der Waals surface area contributed by atoms with Gasteiger partial charge in [0.2, 0.25) is 0 Å². The van der Waals surface area contributed by atoms with Gasteiger partial charge in [-0.05, 0) is 27.2 Å². The summed E-state index contributed by atoms with van der Waals surface area (Å²) in [5, 5.41) is 13.4. The average Bonchev–Trinajstić information content (AvgIpc) is 2.58. The van der Waals surface area contributed by atoms with Crippen LogP contribution in [0.15, 0.2) is 0 Å². The molecule has 1 heterocycles. The molecule has 1 unspecified atom stereocenters. The van der Waals surface area contributed by atoms with E-state index in [1.807, 2.05) is 20.9 Å². The molecule has 0 aliphatic heterocycles. The maximum atomic E-state index is 11.9. The van der Waals surface area contributed by atoms with Gasteiger partial charge in [0.25, 0.3) is 5.91 Å². The Bertz CT molecular complexity index is 441. The van der Waals surface area contributed by atoms with E-state index in [4.69, 9.17) is 4.74 Å². The highest BCUT2D eigenvalue weighted by Crippen LogP contribution is 2.21. The quantitative estimate of drug-likeness (QED) is 0.823. The van der Waals surface area contributed by atoms with Gasteiger partial charge < -0.3 is 14.7 Å². The van der Waals surface area contributed by atoms with Crippen LogP contribution in [0.5, 0.6) is 5.75 Å². The Kier molecular flexibility index (Phi) is 5.35. The number of ether oxygens (including phenoxy) is 1. The number of hydrogen-bond donors (Lipinski definition) is 1. The molecule has 1 aromatic heterocycles. The van der Waals surface area contributed by atoms with Gasteiger partial charge >= 0.3 is 0 Å². The van der Waals surface area contributed by atoms with E-state index in [0.29, 0.717) is 18.7 Å². The molecule has 0 aromatic carbocycles. The first-order valence-corrected chi connectivity index (χ1v) is 6.38. The highest BCUT2D eigenvalue weighted by atomic mass is 16.5. The van der Waals surface area contributed by atoms with Gasteiger partial charge in [0, 0.05) is 20.6 Å². The Balaban J connectivity index is 2.50. The molecule has 19 heavy (non-hydrogen) atoms. The molecule has 1 atom stereocenters. The van der Waals surface area contributed by atoms with Crippen LogP contribution >= 0.6 is 0 Å². The van der Waals surface area contributed by atoms with Crippen LogP contribution in [0.4, 0.5) is 0 Å². The van der Waals surface area contributed by atoms with Crippen molar-refractivity contribution < 1.29 is 14.6 Å². The lowest BCUT2D eigenvalue weighted by Gasteiger charge is -2.18. The van der Waals surface area contributed by atoms with Crippen LogP contribution in [0, 0.1) is 13.8 Å². The molecule has 0 fully saturated rings. The van der Waals surface area contributed by atoms with Crippen molar-refractivity contribution in [3.8, 4) is 5.75 Å². The molecule has 1 N–H and O–H groups in total. The largest absolute Gasteiger partial charge is 0.480 e. The van der Waals surface area contributed by atoms with Crippen molar-refractivity contribution in [1.82, 2.24) is 14.7 Å². The summed E-state index contributed by atoms with van der Waals surface area (Å²) in [6, 6.07) is 0. The van der Waals surface area contributed by atoms with Gasteiger partial charge in [0.15, 0.2) is 12.4 Å². The van der Waals surface area contributed by atoms with Crippen LogP contribution in [0.1, 0.15) is 24.7 Å². The molecular formula is C13H23N3O3. The molecule has 0 saturated carbocycles. The zero-order valence-corrected chi connectivity index (χ0v) is 12.3. The van der Waals surface area contributed by atoms with Crippen molar-refractivity contribution in [2.45, 2.75) is 33.3 Å². The Morgan fingerprint density at radius 3 is 2.63 bits per heavy atom. The van der Waals surface area contributed by atoms with Crippen LogP contribution in [0.25, 0.3) is 0 Å². The minimum absolute atomic E-state index is 0.0102. The summed E-state index contributed by atoms with van der Waals surface area (Å²) in [6.07, 6.45) is 0.159. The van der Waals surface area contributed by atoms with Crippen molar-refractivity contribution >= 4 is 5.91 Å². The van der Waals surface area contributed by atoms with E-state index in [9.17, 15) is 9.90 Å². The summed E-state index contributed by atoms with van der Waals surface area (Å²) in [7, 11) is 3.54. The molecule has 0 saturated heterocycles. The van der Waals surface area contributed by atoms with Crippen molar-refractivity contribution in [3.05, 3.63) is 11.4 Å². The van der Waals surface area contributed by atoms with Crippen LogP contribution in [-0.4, -0.2) is 52.0 Å². The molecule has 1 aromatic rings. The predicted octanol–water partition coefficient (Wildman–Crippen LogP) is 0.645. The number of aliphatic hydroxyl groups excluding tert-OH is 1. The summed E-state index contributed by atoms with van der Waals surface area (Å²) in [5.74, 6) is 0.558. The van der Waals surface area contributed by atoms with Gasteiger partial charge in [-0.15, -0.1) is 0 Å². The van der Waals surface area contributed by atoms with Crippen molar-refractivity contribution in [2.75, 3.05) is 20.2 Å². The van der Waals surface area contributed by atoms with E-state index in [1.165, 1.54) is 0 Å². The number of hydrogen-bond acceptors (Lipinski definition) is 4. The zero-order valence-electron chi connectivity index (χ0n) is 12.3. The third kappa shape index (κ3) is 4.24. The van der Waals surface area contributed by atoms with E-state index in [1.54, 1.807) is 23.6 Å². The second kappa shape index (κ2) is 6.56. The second-order valence-electron chi connectivity index (χ2n) is 4.87. The molecule has 6 heteroatoms. The molecule has 0 radical (unpaired) electrons. The normalized spacial score (nSPS) is 12.3. The number of carbonyl (C=O) groups excluding carboxylic acids is 1. The first kappa shape index (κ1) is 15.5. The SMILES string of the molecule is Cc1nn(C)c(C)c1OCC(=O)N(C)CCC(C)O. The summed E-state index contributed by atoms with van der Waals surface area (Å²) >= 11 is 0. The van der Waals surface area contributed by atoms with Gasteiger partial charge in [0.05, 0.1) is 11.8 Å². The number of likely N-dealkylation sites (N-methyl/N-ethyl adjacent to an activating group) is 1. The summed E-state index contributed by atoms with van der Waals surface area (Å²) in [5.41, 5.74) is 1.68. The fourth-order valence-corrected chi connectivity index (χ4v) is 1.71. The predicted molar refractivity (Wildman–Crippen MR) is 72.1 cm³/mol. The number of aromatic nitrogens is 2. The standard InChI is InChI=1S/C13H23N3O3/c1-9(17)6-7-15(4)12(18)8-19-13-10(2)14-16(5)11(13)3/h9,17H,6-8H2,1-5H3. The maximum absolute atomic E-state index is 11.9. The monoisotopic (exact) mass is 269 g/mol. The molecule has 0 bridgehead atoms. The van der Waals surface area contributed by atoms with Gasteiger partial charge in [-0.2, -0.15) is 5.10 Å².